The predicted octanol–water partition coefficient (Wildman–Crippen LogP) is 2.84. The fraction of sp³-hybridized carbons (Fsp3) is 0.222. The van der Waals surface area contributed by atoms with Gasteiger partial charge in [-0.2, -0.15) is 13.2 Å². The lowest BCUT2D eigenvalue weighted by atomic mass is 10.2. The van der Waals surface area contributed by atoms with Gasteiger partial charge in [-0.25, -0.2) is 4.39 Å². The van der Waals surface area contributed by atoms with Crippen molar-refractivity contribution in [1.29, 1.82) is 0 Å². The quantitative estimate of drug-likeness (QED) is 0.578. The van der Waals surface area contributed by atoms with Gasteiger partial charge in [0.1, 0.15) is 5.75 Å². The third-order valence-corrected chi connectivity index (χ3v) is 3.37. The van der Waals surface area contributed by atoms with Gasteiger partial charge in [0.05, 0.1) is 5.56 Å². The number of hydrazine groups is 1. The van der Waals surface area contributed by atoms with Gasteiger partial charge in [0.15, 0.2) is 24.3 Å². The first kappa shape index (κ1) is 21.0. The molecule has 0 aliphatic rings. The molecule has 0 heterocycles. The first-order valence-corrected chi connectivity index (χ1v) is 7.97. The molecule has 0 saturated heterocycles. The standard InChI is InChI=1S/C18H16F4N2O4/c1-11(28-15-8-3-2-7-14(15)19)17(26)24-23-16(25)10-27-13-6-4-5-12(9-13)18(20,21)22/h2-9,11H,10H2,1H3,(H,23,25)(H,24,26)/t11-/m1/s1. The van der Waals surface area contributed by atoms with Crippen molar-refractivity contribution in [2.75, 3.05) is 6.61 Å². The van der Waals surface area contributed by atoms with Gasteiger partial charge in [0.2, 0.25) is 0 Å². The first-order valence-electron chi connectivity index (χ1n) is 7.97. The molecule has 0 fully saturated rings. The van der Waals surface area contributed by atoms with Crippen LogP contribution in [0.25, 0.3) is 0 Å². The van der Waals surface area contributed by atoms with E-state index in [4.69, 9.17) is 9.47 Å². The van der Waals surface area contributed by atoms with Crippen molar-refractivity contribution >= 4 is 11.8 Å². The molecule has 10 heteroatoms. The van der Waals surface area contributed by atoms with Crippen LogP contribution in [0.1, 0.15) is 12.5 Å². The van der Waals surface area contributed by atoms with E-state index in [-0.39, 0.29) is 11.5 Å². The van der Waals surface area contributed by atoms with Gasteiger partial charge < -0.3 is 9.47 Å². The van der Waals surface area contributed by atoms with Crippen LogP contribution >= 0.6 is 0 Å². The topological polar surface area (TPSA) is 76.7 Å². The van der Waals surface area contributed by atoms with E-state index >= 15 is 0 Å². The van der Waals surface area contributed by atoms with Crippen LogP contribution in [0.5, 0.6) is 11.5 Å². The Labute approximate surface area is 157 Å². The number of carbonyl (C=O) groups is 2. The number of ether oxygens (including phenoxy) is 2. The van der Waals surface area contributed by atoms with Crippen LogP contribution in [-0.2, 0) is 15.8 Å². The van der Waals surface area contributed by atoms with Crippen molar-refractivity contribution in [1.82, 2.24) is 10.9 Å². The third kappa shape index (κ3) is 6.15. The Morgan fingerprint density at radius 3 is 2.46 bits per heavy atom. The van der Waals surface area contributed by atoms with E-state index < -0.39 is 42.1 Å². The van der Waals surface area contributed by atoms with Crippen molar-refractivity contribution < 1.29 is 36.6 Å². The van der Waals surface area contributed by atoms with E-state index in [1.165, 1.54) is 31.2 Å². The lowest BCUT2D eigenvalue weighted by Crippen LogP contribution is -2.48. The molecule has 0 aromatic heterocycles. The smallest absolute Gasteiger partial charge is 0.416 e. The van der Waals surface area contributed by atoms with Gasteiger partial charge in [-0.1, -0.05) is 18.2 Å². The van der Waals surface area contributed by atoms with Crippen LogP contribution in [0, 0.1) is 5.82 Å². The molecule has 2 rings (SSSR count). The first-order chi connectivity index (χ1) is 13.2. The molecule has 6 nitrogen and oxygen atoms in total. The summed E-state index contributed by atoms with van der Waals surface area (Å²) in [4.78, 5) is 23.5. The molecule has 2 aromatic carbocycles. The van der Waals surface area contributed by atoms with Crippen LogP contribution in [0.2, 0.25) is 0 Å². The lowest BCUT2D eigenvalue weighted by Gasteiger charge is -2.15. The van der Waals surface area contributed by atoms with Crippen molar-refractivity contribution in [3.8, 4) is 11.5 Å². The van der Waals surface area contributed by atoms with Gasteiger partial charge in [0, 0.05) is 0 Å². The Hall–Kier alpha value is -3.30. The normalized spacial score (nSPS) is 12.0. The summed E-state index contributed by atoms with van der Waals surface area (Å²) in [5.74, 6) is -2.53. The van der Waals surface area contributed by atoms with Gasteiger partial charge in [0.25, 0.3) is 11.8 Å². The number of benzene rings is 2. The fourth-order valence-corrected chi connectivity index (χ4v) is 1.96. The molecule has 0 aliphatic heterocycles. The minimum atomic E-state index is -4.54. The molecule has 0 unspecified atom stereocenters. The summed E-state index contributed by atoms with van der Waals surface area (Å²) in [6, 6.07) is 9.48. The number of carbonyl (C=O) groups excluding carboxylic acids is 2. The van der Waals surface area contributed by atoms with Crippen molar-refractivity contribution in [3.05, 3.63) is 59.9 Å². The summed E-state index contributed by atoms with van der Waals surface area (Å²) < 4.78 is 61.4. The Morgan fingerprint density at radius 2 is 1.79 bits per heavy atom. The Morgan fingerprint density at radius 1 is 1.07 bits per heavy atom. The Kier molecular flexibility index (Phi) is 6.80. The Balaban J connectivity index is 1.79. The molecule has 28 heavy (non-hydrogen) atoms. The highest BCUT2D eigenvalue weighted by Gasteiger charge is 2.30. The molecule has 2 amide bonds. The van der Waals surface area contributed by atoms with Gasteiger partial charge in [-0.3, -0.25) is 20.4 Å². The molecule has 0 saturated carbocycles. The van der Waals surface area contributed by atoms with Crippen LogP contribution < -0.4 is 20.3 Å². The highest BCUT2D eigenvalue weighted by Crippen LogP contribution is 2.31. The maximum Gasteiger partial charge on any atom is 0.416 e. The molecule has 0 radical (unpaired) electrons. The average Bonchev–Trinajstić information content (AvgIpc) is 2.65. The van der Waals surface area contributed by atoms with Crippen molar-refractivity contribution in [2.45, 2.75) is 19.2 Å². The molecular weight excluding hydrogens is 384 g/mol. The number of rotatable bonds is 6. The summed E-state index contributed by atoms with van der Waals surface area (Å²) in [5.41, 5.74) is 3.15. The number of nitrogens with one attached hydrogen (secondary N) is 2. The monoisotopic (exact) mass is 400 g/mol. The fourth-order valence-electron chi connectivity index (χ4n) is 1.96. The van der Waals surface area contributed by atoms with Gasteiger partial charge in [-0.15, -0.1) is 0 Å². The van der Waals surface area contributed by atoms with Crippen molar-refractivity contribution in [3.63, 3.8) is 0 Å². The summed E-state index contributed by atoms with van der Waals surface area (Å²) in [7, 11) is 0. The molecule has 150 valence electrons. The van der Waals surface area contributed by atoms with E-state index in [0.717, 1.165) is 24.3 Å². The molecular formula is C18H16F4N2O4. The largest absolute Gasteiger partial charge is 0.484 e. The SMILES string of the molecule is C[C@@H](Oc1ccccc1F)C(=O)NNC(=O)COc1cccc(C(F)(F)F)c1. The predicted molar refractivity (Wildman–Crippen MR) is 89.7 cm³/mol. The number of alkyl halides is 3. The van der Waals surface area contributed by atoms with Gasteiger partial charge >= 0.3 is 6.18 Å². The highest BCUT2D eigenvalue weighted by molar-refractivity contribution is 5.85. The van der Waals surface area contributed by atoms with E-state index in [9.17, 15) is 27.2 Å². The molecule has 1 atom stereocenters. The minimum Gasteiger partial charge on any atom is -0.484 e. The van der Waals surface area contributed by atoms with E-state index in [1.807, 2.05) is 10.9 Å². The number of amides is 2. The summed E-state index contributed by atoms with van der Waals surface area (Å²) in [6.07, 6.45) is -5.66. The molecule has 0 aliphatic carbocycles. The van der Waals surface area contributed by atoms with Crippen LogP contribution in [0.4, 0.5) is 17.6 Å². The summed E-state index contributed by atoms with van der Waals surface area (Å²) >= 11 is 0. The summed E-state index contributed by atoms with van der Waals surface area (Å²) in [5, 5.41) is 0. The number of para-hydroxylation sites is 1. The highest BCUT2D eigenvalue weighted by atomic mass is 19.4. The second-order valence-corrected chi connectivity index (χ2v) is 5.54. The maximum absolute atomic E-state index is 13.5. The van der Waals surface area contributed by atoms with Crippen molar-refractivity contribution in [2.24, 2.45) is 0 Å². The van der Waals surface area contributed by atoms with Gasteiger partial charge in [-0.05, 0) is 37.3 Å². The number of hydrogen-bond acceptors (Lipinski definition) is 4. The molecule has 0 bridgehead atoms. The lowest BCUT2D eigenvalue weighted by molar-refractivity contribution is -0.137. The number of hydrogen-bond donors (Lipinski definition) is 2. The van der Waals surface area contributed by atoms with E-state index in [2.05, 4.69) is 0 Å². The van der Waals surface area contributed by atoms with E-state index in [0.29, 0.717) is 0 Å². The number of halogens is 4. The van der Waals surface area contributed by atoms with Crippen LogP contribution in [0.3, 0.4) is 0 Å². The minimum absolute atomic E-state index is 0.135. The summed E-state index contributed by atoms with van der Waals surface area (Å²) in [6.45, 7) is 0.706. The average molecular weight is 400 g/mol. The molecule has 0 spiro atoms. The zero-order chi connectivity index (χ0) is 20.7. The van der Waals surface area contributed by atoms with Crippen LogP contribution in [-0.4, -0.2) is 24.5 Å². The molecule has 2 aromatic rings. The zero-order valence-corrected chi connectivity index (χ0v) is 14.5. The molecule has 2 N–H and O–H groups in total. The van der Waals surface area contributed by atoms with Crippen LogP contribution in [0.15, 0.2) is 48.5 Å². The Bertz CT molecular complexity index is 842. The third-order valence-electron chi connectivity index (χ3n) is 3.37. The second-order valence-electron chi connectivity index (χ2n) is 5.54. The zero-order valence-electron chi connectivity index (χ0n) is 14.5. The maximum atomic E-state index is 13.5. The second kappa shape index (κ2) is 9.07. The van der Waals surface area contributed by atoms with E-state index in [1.54, 1.807) is 0 Å².